The first-order valence-corrected chi connectivity index (χ1v) is 8.90. The quantitative estimate of drug-likeness (QED) is 0.470. The number of carbonyl (C=O) groups excluding carboxylic acids is 2. The molecule has 2 aromatic heterocycles. The number of hydrogen-bond donors (Lipinski definition) is 3. The van der Waals surface area contributed by atoms with Crippen LogP contribution in [-0.4, -0.2) is 37.3 Å². The number of nitrogens with zero attached hydrogens (tertiary/aromatic N) is 3. The molecule has 2 heterocycles. The summed E-state index contributed by atoms with van der Waals surface area (Å²) in [5.41, 5.74) is 1.66. The standard InChI is InChI=1S/C17H13FN6O2S/c18-10-5-1-2-6-11(10)20-16(26)21-14(25)9-27-17-23-22-15-19-12-7-3-4-8-13(12)24(15)17/h1-8H,9H2,(H,19,22)(H2,20,21,25,26). The lowest BCUT2D eigenvalue weighted by Crippen LogP contribution is -2.35. The van der Waals surface area contributed by atoms with Crippen molar-refractivity contribution < 1.29 is 14.0 Å². The minimum atomic E-state index is -0.800. The van der Waals surface area contributed by atoms with Gasteiger partial charge in [-0.25, -0.2) is 19.3 Å². The molecule has 10 heteroatoms. The Bertz CT molecular complexity index is 1150. The van der Waals surface area contributed by atoms with Crippen LogP contribution < -0.4 is 10.6 Å². The molecular formula is C17H13FN6O2S. The second-order valence-electron chi connectivity index (χ2n) is 5.54. The Hall–Kier alpha value is -3.40. The van der Waals surface area contributed by atoms with Gasteiger partial charge < -0.3 is 5.32 Å². The Kier molecular flexibility index (Phi) is 4.47. The van der Waals surface area contributed by atoms with Crippen LogP contribution in [0.2, 0.25) is 0 Å². The van der Waals surface area contributed by atoms with Crippen molar-refractivity contribution in [2.45, 2.75) is 5.16 Å². The molecular weight excluding hydrogens is 371 g/mol. The number of imide groups is 1. The van der Waals surface area contributed by atoms with Crippen LogP contribution in [0.5, 0.6) is 0 Å². The number of nitrogens with one attached hydrogen (secondary N) is 3. The molecule has 2 aromatic carbocycles. The molecule has 0 aliphatic heterocycles. The van der Waals surface area contributed by atoms with E-state index in [1.807, 2.05) is 24.3 Å². The molecule has 0 radical (unpaired) electrons. The number of hydrogen-bond acceptors (Lipinski definition) is 5. The first-order chi connectivity index (χ1) is 13.1. The minimum Gasteiger partial charge on any atom is -0.305 e. The van der Waals surface area contributed by atoms with E-state index < -0.39 is 17.8 Å². The molecule has 4 rings (SSSR count). The maximum Gasteiger partial charge on any atom is 0.325 e. The topological polar surface area (TPSA) is 104 Å². The molecule has 136 valence electrons. The van der Waals surface area contributed by atoms with Gasteiger partial charge in [0.2, 0.25) is 11.7 Å². The summed E-state index contributed by atoms with van der Waals surface area (Å²) in [5, 5.41) is 11.9. The lowest BCUT2D eigenvalue weighted by Gasteiger charge is -2.07. The van der Waals surface area contributed by atoms with Gasteiger partial charge >= 0.3 is 6.03 Å². The van der Waals surface area contributed by atoms with Gasteiger partial charge in [0.15, 0.2) is 5.16 Å². The van der Waals surface area contributed by atoms with Crippen molar-refractivity contribution in [3.63, 3.8) is 0 Å². The van der Waals surface area contributed by atoms with E-state index in [1.54, 1.807) is 10.5 Å². The summed E-state index contributed by atoms with van der Waals surface area (Å²) in [6.45, 7) is 0. The lowest BCUT2D eigenvalue weighted by molar-refractivity contribution is -0.117. The van der Waals surface area contributed by atoms with E-state index in [2.05, 4.69) is 25.8 Å². The van der Waals surface area contributed by atoms with E-state index in [4.69, 9.17) is 0 Å². The predicted molar refractivity (Wildman–Crippen MR) is 99.1 cm³/mol. The number of thioether (sulfide) groups is 1. The zero-order valence-electron chi connectivity index (χ0n) is 13.8. The van der Waals surface area contributed by atoms with Crippen molar-refractivity contribution in [3.05, 3.63) is 54.3 Å². The summed E-state index contributed by atoms with van der Waals surface area (Å²) in [4.78, 5) is 28.2. The van der Waals surface area contributed by atoms with Gasteiger partial charge in [-0.2, -0.15) is 0 Å². The van der Waals surface area contributed by atoms with Crippen LogP contribution in [-0.2, 0) is 4.79 Å². The summed E-state index contributed by atoms with van der Waals surface area (Å²) in [6, 6.07) is 12.4. The molecule has 0 saturated heterocycles. The number of carbonyl (C=O) groups is 2. The van der Waals surface area contributed by atoms with E-state index in [0.717, 1.165) is 22.8 Å². The molecule has 0 fully saturated rings. The zero-order valence-corrected chi connectivity index (χ0v) is 14.6. The molecule has 0 spiro atoms. The van der Waals surface area contributed by atoms with Crippen molar-refractivity contribution in [1.29, 1.82) is 0 Å². The van der Waals surface area contributed by atoms with Crippen LogP contribution in [0.1, 0.15) is 0 Å². The molecule has 0 aliphatic rings. The predicted octanol–water partition coefficient (Wildman–Crippen LogP) is 2.79. The smallest absolute Gasteiger partial charge is 0.305 e. The summed E-state index contributed by atoms with van der Waals surface area (Å²) >= 11 is 1.15. The van der Waals surface area contributed by atoms with Crippen molar-refractivity contribution in [1.82, 2.24) is 24.9 Å². The number of amides is 3. The van der Waals surface area contributed by atoms with Gasteiger partial charge in [-0.15, -0.1) is 5.10 Å². The number of rotatable bonds is 4. The average molecular weight is 384 g/mol. The number of aromatic amines is 1. The monoisotopic (exact) mass is 384 g/mol. The highest BCUT2D eigenvalue weighted by Gasteiger charge is 2.15. The first-order valence-electron chi connectivity index (χ1n) is 7.91. The Labute approximate surface area is 156 Å². The number of imidazole rings is 1. The summed E-state index contributed by atoms with van der Waals surface area (Å²) in [7, 11) is 0. The van der Waals surface area contributed by atoms with Crippen LogP contribution in [0, 0.1) is 5.82 Å². The first kappa shape index (κ1) is 17.0. The maximum atomic E-state index is 13.5. The van der Waals surface area contributed by atoms with Crippen LogP contribution in [0.25, 0.3) is 16.8 Å². The van der Waals surface area contributed by atoms with E-state index in [-0.39, 0.29) is 11.4 Å². The van der Waals surface area contributed by atoms with Gasteiger partial charge in [0.05, 0.1) is 22.5 Å². The second-order valence-corrected chi connectivity index (χ2v) is 6.48. The van der Waals surface area contributed by atoms with Gasteiger partial charge in [-0.1, -0.05) is 36.0 Å². The summed E-state index contributed by atoms with van der Waals surface area (Å²) in [6.07, 6.45) is 0. The van der Waals surface area contributed by atoms with Crippen LogP contribution in [0.3, 0.4) is 0 Å². The summed E-state index contributed by atoms with van der Waals surface area (Å²) in [5.74, 6) is -0.594. The SMILES string of the molecule is O=C(CSc1n[nH]c2nc3ccccc3n12)NC(=O)Nc1ccccc1F. The molecule has 0 bridgehead atoms. The molecule has 0 saturated carbocycles. The highest BCUT2D eigenvalue weighted by Crippen LogP contribution is 2.22. The Morgan fingerprint density at radius 2 is 1.93 bits per heavy atom. The Morgan fingerprint density at radius 3 is 2.78 bits per heavy atom. The largest absolute Gasteiger partial charge is 0.325 e. The third kappa shape index (κ3) is 3.47. The average Bonchev–Trinajstić information content (AvgIpc) is 3.21. The van der Waals surface area contributed by atoms with Gasteiger partial charge in [-0.3, -0.25) is 14.5 Å². The summed E-state index contributed by atoms with van der Waals surface area (Å²) < 4.78 is 15.3. The molecule has 0 atom stereocenters. The molecule has 0 aliphatic carbocycles. The fraction of sp³-hybridized carbons (Fsp3) is 0.0588. The number of halogens is 1. The number of fused-ring (bicyclic) bond motifs is 3. The third-order valence-electron chi connectivity index (χ3n) is 3.71. The van der Waals surface area contributed by atoms with Crippen molar-refractivity contribution in [2.75, 3.05) is 11.1 Å². The third-order valence-corrected chi connectivity index (χ3v) is 4.65. The molecule has 27 heavy (non-hydrogen) atoms. The Morgan fingerprint density at radius 1 is 1.15 bits per heavy atom. The zero-order chi connectivity index (χ0) is 18.8. The van der Waals surface area contributed by atoms with Crippen molar-refractivity contribution >= 4 is 46.2 Å². The number of benzene rings is 2. The molecule has 4 aromatic rings. The molecule has 3 amide bonds. The number of urea groups is 1. The van der Waals surface area contributed by atoms with E-state index in [0.29, 0.717) is 10.9 Å². The number of aromatic nitrogens is 4. The highest BCUT2D eigenvalue weighted by atomic mass is 32.2. The maximum absolute atomic E-state index is 13.5. The number of H-pyrrole nitrogens is 1. The molecule has 0 unspecified atom stereocenters. The Balaban J connectivity index is 1.40. The van der Waals surface area contributed by atoms with E-state index >= 15 is 0 Å². The van der Waals surface area contributed by atoms with Crippen LogP contribution in [0.15, 0.2) is 53.7 Å². The lowest BCUT2D eigenvalue weighted by atomic mass is 10.3. The van der Waals surface area contributed by atoms with E-state index in [1.165, 1.54) is 18.2 Å². The van der Waals surface area contributed by atoms with Crippen molar-refractivity contribution in [2.24, 2.45) is 0 Å². The van der Waals surface area contributed by atoms with Gasteiger partial charge in [-0.05, 0) is 24.3 Å². The normalized spacial score (nSPS) is 11.0. The molecule has 3 N–H and O–H groups in total. The van der Waals surface area contributed by atoms with Crippen molar-refractivity contribution in [3.8, 4) is 0 Å². The minimum absolute atomic E-state index is 0.00523. The van der Waals surface area contributed by atoms with Gasteiger partial charge in [0.25, 0.3) is 0 Å². The molecule has 8 nitrogen and oxygen atoms in total. The van der Waals surface area contributed by atoms with Crippen LogP contribution in [0.4, 0.5) is 14.9 Å². The van der Waals surface area contributed by atoms with Gasteiger partial charge in [0, 0.05) is 0 Å². The highest BCUT2D eigenvalue weighted by molar-refractivity contribution is 7.99. The second kappa shape index (κ2) is 7.08. The fourth-order valence-corrected chi connectivity index (χ4v) is 3.30. The van der Waals surface area contributed by atoms with Crippen LogP contribution >= 0.6 is 11.8 Å². The number of para-hydroxylation sites is 3. The number of anilines is 1. The fourth-order valence-electron chi connectivity index (χ4n) is 2.55. The van der Waals surface area contributed by atoms with Gasteiger partial charge in [0.1, 0.15) is 5.82 Å². The van der Waals surface area contributed by atoms with E-state index in [9.17, 15) is 14.0 Å².